The molecular formula is C22H25NO4S2. The molecule has 1 N–H and O–H groups in total. The minimum Gasteiger partial charge on any atom is -0.460 e. The summed E-state index contributed by atoms with van der Waals surface area (Å²) in [4.78, 5) is 25.7. The molecule has 0 spiro atoms. The fraction of sp³-hybridized carbons (Fsp3) is 0.273. The molecule has 2 rings (SSSR count). The van der Waals surface area contributed by atoms with Crippen molar-refractivity contribution in [3.8, 4) is 0 Å². The summed E-state index contributed by atoms with van der Waals surface area (Å²) in [6.45, 7) is 5.34. The van der Waals surface area contributed by atoms with E-state index in [2.05, 4.69) is 11.9 Å². The van der Waals surface area contributed by atoms with Gasteiger partial charge in [-0.3, -0.25) is 0 Å². The van der Waals surface area contributed by atoms with Crippen LogP contribution in [-0.4, -0.2) is 42.8 Å². The Morgan fingerprint density at radius 2 is 1.48 bits per heavy atom. The molecule has 0 heterocycles. The summed E-state index contributed by atoms with van der Waals surface area (Å²) in [6.07, 6.45) is -0.799. The Kier molecular flexibility index (Phi) is 10.2. The van der Waals surface area contributed by atoms with Crippen molar-refractivity contribution in [1.29, 1.82) is 0 Å². The first-order chi connectivity index (χ1) is 14.0. The van der Waals surface area contributed by atoms with E-state index in [-0.39, 0.29) is 19.3 Å². The molecule has 2 aromatic rings. The van der Waals surface area contributed by atoms with Crippen LogP contribution in [0.5, 0.6) is 0 Å². The second-order valence-corrected chi connectivity index (χ2v) is 8.31. The van der Waals surface area contributed by atoms with Crippen molar-refractivity contribution in [2.24, 2.45) is 0 Å². The summed E-state index contributed by atoms with van der Waals surface area (Å²) < 4.78 is 10.6. The zero-order valence-corrected chi connectivity index (χ0v) is 18.0. The van der Waals surface area contributed by atoms with E-state index in [4.69, 9.17) is 9.47 Å². The number of thioether (sulfide) groups is 2. The van der Waals surface area contributed by atoms with Crippen molar-refractivity contribution in [2.45, 2.75) is 22.8 Å². The first-order valence-electron chi connectivity index (χ1n) is 9.17. The number of hydrogen-bond acceptors (Lipinski definition) is 6. The summed E-state index contributed by atoms with van der Waals surface area (Å²) in [5.41, 5.74) is 0.323. The van der Waals surface area contributed by atoms with Gasteiger partial charge in [0.1, 0.15) is 12.7 Å². The van der Waals surface area contributed by atoms with Gasteiger partial charge in [-0.15, -0.1) is 23.5 Å². The Morgan fingerprint density at radius 1 is 0.966 bits per heavy atom. The normalized spacial score (nSPS) is 10.4. The van der Waals surface area contributed by atoms with Crippen LogP contribution in [0.15, 0.2) is 82.6 Å². The third kappa shape index (κ3) is 9.58. The fourth-order valence-corrected chi connectivity index (χ4v) is 4.12. The number of hydrogen-bond donors (Lipinski definition) is 1. The van der Waals surface area contributed by atoms with Gasteiger partial charge in [-0.05, 0) is 31.2 Å². The molecule has 29 heavy (non-hydrogen) atoms. The number of carbonyl (C=O) groups excluding carboxylic acids is 2. The molecule has 0 unspecified atom stereocenters. The lowest BCUT2D eigenvalue weighted by Gasteiger charge is -2.18. The van der Waals surface area contributed by atoms with Gasteiger partial charge in [0.25, 0.3) is 0 Å². The molecule has 5 nitrogen and oxygen atoms in total. The van der Waals surface area contributed by atoms with Crippen molar-refractivity contribution >= 4 is 35.6 Å². The molecule has 0 saturated carbocycles. The van der Waals surface area contributed by atoms with E-state index in [1.807, 2.05) is 60.7 Å². The predicted octanol–water partition coefficient (Wildman–Crippen LogP) is 4.79. The first kappa shape index (κ1) is 22.9. The predicted molar refractivity (Wildman–Crippen MR) is 118 cm³/mol. The molecule has 0 aliphatic rings. The zero-order chi connectivity index (χ0) is 20.9. The van der Waals surface area contributed by atoms with Crippen LogP contribution in [-0.2, 0) is 14.3 Å². The van der Waals surface area contributed by atoms with Crippen molar-refractivity contribution in [2.75, 3.05) is 24.7 Å². The molecule has 0 saturated heterocycles. The smallest absolute Gasteiger partial charge is 0.407 e. The minimum absolute atomic E-state index is 0.0724. The standard InChI is InChI=1S/C22H25NO4S2/c1-17(2)21(24)26-14-13-23-22(25)27-18(15-28-19-9-5-3-6-10-19)16-29-20-11-7-4-8-12-20/h3-12,18H,1,13-16H2,2H3,(H,23,25). The number of rotatable bonds is 11. The number of alkyl carbamates (subject to hydrolysis) is 1. The minimum atomic E-state index is -0.524. The van der Waals surface area contributed by atoms with E-state index in [9.17, 15) is 9.59 Å². The zero-order valence-electron chi connectivity index (χ0n) is 16.3. The maximum atomic E-state index is 12.1. The topological polar surface area (TPSA) is 64.6 Å². The van der Waals surface area contributed by atoms with Crippen LogP contribution in [0.3, 0.4) is 0 Å². The molecule has 0 atom stereocenters. The molecule has 0 aliphatic carbocycles. The number of esters is 1. The molecule has 0 aromatic heterocycles. The van der Waals surface area contributed by atoms with Crippen LogP contribution in [0.2, 0.25) is 0 Å². The van der Waals surface area contributed by atoms with Crippen LogP contribution in [0.25, 0.3) is 0 Å². The third-order valence-electron chi connectivity index (χ3n) is 3.58. The number of benzene rings is 2. The molecule has 154 valence electrons. The van der Waals surface area contributed by atoms with Gasteiger partial charge in [-0.25, -0.2) is 9.59 Å². The lowest BCUT2D eigenvalue weighted by atomic mass is 10.4. The summed E-state index contributed by atoms with van der Waals surface area (Å²) >= 11 is 3.29. The molecule has 0 fully saturated rings. The fourth-order valence-electron chi connectivity index (χ4n) is 2.14. The number of amides is 1. The van der Waals surface area contributed by atoms with Gasteiger partial charge in [0.2, 0.25) is 0 Å². The van der Waals surface area contributed by atoms with Crippen molar-refractivity contribution in [3.63, 3.8) is 0 Å². The first-order valence-corrected chi connectivity index (χ1v) is 11.1. The Balaban J connectivity index is 1.81. The van der Waals surface area contributed by atoms with E-state index >= 15 is 0 Å². The van der Waals surface area contributed by atoms with Crippen molar-refractivity contribution < 1.29 is 19.1 Å². The van der Waals surface area contributed by atoms with E-state index < -0.39 is 12.1 Å². The van der Waals surface area contributed by atoms with Crippen molar-refractivity contribution in [1.82, 2.24) is 5.32 Å². The number of carbonyl (C=O) groups is 2. The molecule has 7 heteroatoms. The van der Waals surface area contributed by atoms with Crippen molar-refractivity contribution in [3.05, 3.63) is 72.8 Å². The largest absolute Gasteiger partial charge is 0.460 e. The van der Waals surface area contributed by atoms with Crippen LogP contribution in [0.4, 0.5) is 4.79 Å². The highest BCUT2D eigenvalue weighted by molar-refractivity contribution is 8.00. The van der Waals surface area contributed by atoms with E-state index in [0.717, 1.165) is 9.79 Å². The van der Waals surface area contributed by atoms with Gasteiger partial charge in [0, 0.05) is 26.9 Å². The van der Waals surface area contributed by atoms with Crippen LogP contribution in [0, 0.1) is 0 Å². The number of nitrogens with one attached hydrogen (secondary N) is 1. The van der Waals surface area contributed by atoms with Gasteiger partial charge in [-0.2, -0.15) is 0 Å². The molecule has 0 bridgehead atoms. The summed E-state index contributed by atoms with van der Waals surface area (Å²) in [6, 6.07) is 20.0. The molecular weight excluding hydrogens is 406 g/mol. The SMILES string of the molecule is C=C(C)C(=O)OCCNC(=O)OC(CSc1ccccc1)CSc1ccccc1. The second-order valence-electron chi connectivity index (χ2n) is 6.12. The van der Waals surface area contributed by atoms with E-state index in [1.54, 1.807) is 30.4 Å². The lowest BCUT2D eigenvalue weighted by molar-refractivity contribution is -0.138. The van der Waals surface area contributed by atoms with E-state index in [1.165, 1.54) is 0 Å². The van der Waals surface area contributed by atoms with E-state index in [0.29, 0.717) is 17.1 Å². The Labute approximate surface area is 180 Å². The highest BCUT2D eigenvalue weighted by atomic mass is 32.2. The molecule has 0 aliphatic heterocycles. The summed E-state index contributed by atoms with van der Waals surface area (Å²) in [7, 11) is 0. The average molecular weight is 432 g/mol. The average Bonchev–Trinajstić information content (AvgIpc) is 2.74. The summed E-state index contributed by atoms with van der Waals surface area (Å²) in [5.74, 6) is 0.806. The van der Waals surface area contributed by atoms with Gasteiger partial charge in [0.15, 0.2) is 0 Å². The maximum Gasteiger partial charge on any atom is 0.407 e. The maximum absolute atomic E-state index is 12.1. The Hall–Kier alpha value is -2.38. The van der Waals surface area contributed by atoms with Gasteiger partial charge in [-0.1, -0.05) is 43.0 Å². The Morgan fingerprint density at radius 3 is 1.97 bits per heavy atom. The monoisotopic (exact) mass is 431 g/mol. The Bertz CT molecular complexity index is 740. The molecule has 1 amide bonds. The molecule has 0 radical (unpaired) electrons. The second kappa shape index (κ2) is 13.0. The molecule has 2 aromatic carbocycles. The van der Waals surface area contributed by atoms with Gasteiger partial charge in [0.05, 0.1) is 6.54 Å². The van der Waals surface area contributed by atoms with Crippen LogP contribution in [0.1, 0.15) is 6.92 Å². The van der Waals surface area contributed by atoms with Gasteiger partial charge >= 0.3 is 12.1 Å². The summed E-state index contributed by atoms with van der Waals surface area (Å²) in [5, 5.41) is 2.62. The van der Waals surface area contributed by atoms with Gasteiger partial charge < -0.3 is 14.8 Å². The van der Waals surface area contributed by atoms with Crippen LogP contribution >= 0.6 is 23.5 Å². The highest BCUT2D eigenvalue weighted by Gasteiger charge is 2.16. The van der Waals surface area contributed by atoms with Crippen LogP contribution < -0.4 is 5.32 Å². The number of ether oxygens (including phenoxy) is 2. The third-order valence-corrected chi connectivity index (χ3v) is 5.87. The lowest BCUT2D eigenvalue weighted by Crippen LogP contribution is -2.33. The quantitative estimate of drug-likeness (QED) is 0.239. The highest BCUT2D eigenvalue weighted by Crippen LogP contribution is 2.24.